The van der Waals surface area contributed by atoms with Crippen molar-refractivity contribution in [3.05, 3.63) is 0 Å². The number of nitrogens with zero attached hydrogens (tertiary/aromatic N) is 2. The molecule has 19 heavy (non-hydrogen) atoms. The summed E-state index contributed by atoms with van der Waals surface area (Å²) < 4.78 is 0. The summed E-state index contributed by atoms with van der Waals surface area (Å²) in [6, 6.07) is 0. The van der Waals surface area contributed by atoms with Crippen LogP contribution >= 0.6 is 0 Å². The zero-order chi connectivity index (χ0) is 13.9. The topological polar surface area (TPSA) is 23.6 Å². The fourth-order valence-corrected chi connectivity index (χ4v) is 2.66. The fraction of sp³-hybridized carbons (Fsp3) is 0.938. The Hall–Kier alpha value is -0.410. The van der Waals surface area contributed by atoms with Gasteiger partial charge in [0.05, 0.1) is 0 Å². The number of likely N-dealkylation sites (N-methyl/N-ethyl adjacent to an activating group) is 1. The predicted octanol–water partition coefficient (Wildman–Crippen LogP) is 2.94. The molecule has 1 saturated heterocycles. The molecule has 0 unspecified atom stereocenters. The first-order chi connectivity index (χ1) is 9.18. The van der Waals surface area contributed by atoms with Crippen LogP contribution in [0.25, 0.3) is 0 Å². The van der Waals surface area contributed by atoms with Gasteiger partial charge in [0.2, 0.25) is 0 Å². The van der Waals surface area contributed by atoms with Crippen LogP contribution < -0.4 is 0 Å². The molecule has 1 aliphatic rings. The third-order valence-electron chi connectivity index (χ3n) is 4.10. The van der Waals surface area contributed by atoms with Gasteiger partial charge < -0.3 is 14.6 Å². The lowest BCUT2D eigenvalue weighted by molar-refractivity contribution is -0.117. The quantitative estimate of drug-likeness (QED) is 0.569. The van der Waals surface area contributed by atoms with Gasteiger partial charge in [-0.05, 0) is 33.4 Å². The highest BCUT2D eigenvalue weighted by molar-refractivity contribution is 5.75. The Bertz CT molecular complexity index is 235. The average molecular weight is 268 g/mol. The second kappa shape index (κ2) is 10.4. The van der Waals surface area contributed by atoms with E-state index in [1.165, 1.54) is 71.2 Å². The minimum atomic E-state index is 0.340. The molecule has 0 aromatic heterocycles. The van der Waals surface area contributed by atoms with Crippen LogP contribution in [0.15, 0.2) is 0 Å². The van der Waals surface area contributed by atoms with Crippen molar-refractivity contribution in [1.29, 1.82) is 0 Å². The van der Waals surface area contributed by atoms with Gasteiger partial charge in [0.25, 0.3) is 0 Å². The molecule has 3 heteroatoms. The van der Waals surface area contributed by atoms with E-state index in [4.69, 9.17) is 0 Å². The van der Waals surface area contributed by atoms with E-state index in [2.05, 4.69) is 16.8 Å². The molecule has 0 saturated carbocycles. The second-order valence-electron chi connectivity index (χ2n) is 6.07. The van der Waals surface area contributed by atoms with Gasteiger partial charge >= 0.3 is 0 Å². The van der Waals surface area contributed by atoms with Crippen molar-refractivity contribution in [3.63, 3.8) is 0 Å². The number of unbranched alkanes of at least 4 members (excludes halogenated alkanes) is 6. The van der Waals surface area contributed by atoms with Gasteiger partial charge in [-0.15, -0.1) is 0 Å². The van der Waals surface area contributed by atoms with Crippen molar-refractivity contribution in [3.8, 4) is 0 Å². The van der Waals surface area contributed by atoms with Crippen molar-refractivity contribution in [2.24, 2.45) is 0 Å². The largest absolute Gasteiger partial charge is 0.304 e. The first kappa shape index (κ1) is 16.6. The van der Waals surface area contributed by atoms with Gasteiger partial charge in [0.1, 0.15) is 5.78 Å². The van der Waals surface area contributed by atoms with E-state index in [-0.39, 0.29) is 0 Å². The molecule has 0 bridgehead atoms. The molecular formula is C16H32N2O. The summed E-state index contributed by atoms with van der Waals surface area (Å²) in [5.74, 6) is 0.340. The highest BCUT2D eigenvalue weighted by Gasteiger charge is 2.12. The minimum Gasteiger partial charge on any atom is -0.304 e. The first-order valence-electron chi connectivity index (χ1n) is 8.09. The Labute approximate surface area is 119 Å². The van der Waals surface area contributed by atoms with Crippen molar-refractivity contribution >= 4 is 5.78 Å². The fourth-order valence-electron chi connectivity index (χ4n) is 2.66. The van der Waals surface area contributed by atoms with Crippen LogP contribution in [0.2, 0.25) is 0 Å². The Morgan fingerprint density at radius 3 is 1.95 bits per heavy atom. The van der Waals surface area contributed by atoms with E-state index in [1.54, 1.807) is 6.92 Å². The van der Waals surface area contributed by atoms with Gasteiger partial charge in [0, 0.05) is 32.6 Å². The average Bonchev–Trinajstić information content (AvgIpc) is 2.38. The highest BCUT2D eigenvalue weighted by Crippen LogP contribution is 2.10. The Morgan fingerprint density at radius 2 is 1.37 bits per heavy atom. The van der Waals surface area contributed by atoms with Crippen molar-refractivity contribution in [1.82, 2.24) is 9.80 Å². The molecule has 0 amide bonds. The van der Waals surface area contributed by atoms with Gasteiger partial charge in [-0.1, -0.05) is 32.1 Å². The van der Waals surface area contributed by atoms with E-state index in [0.717, 1.165) is 12.8 Å². The van der Waals surface area contributed by atoms with Crippen LogP contribution in [0.3, 0.4) is 0 Å². The maximum atomic E-state index is 10.8. The molecule has 0 aromatic carbocycles. The summed E-state index contributed by atoms with van der Waals surface area (Å²) >= 11 is 0. The standard InChI is InChI=1S/C16H32N2O/c1-16(19)10-8-6-4-3-5-7-9-11-18-14-12-17(2)13-15-18/h3-15H2,1-2H3. The van der Waals surface area contributed by atoms with Crippen LogP contribution in [0.5, 0.6) is 0 Å². The van der Waals surface area contributed by atoms with E-state index in [1.807, 2.05) is 0 Å². The Balaban J connectivity index is 1.80. The number of ketones is 1. The summed E-state index contributed by atoms with van der Waals surface area (Å²) in [6.07, 6.45) is 9.87. The van der Waals surface area contributed by atoms with E-state index in [0.29, 0.717) is 5.78 Å². The van der Waals surface area contributed by atoms with Crippen molar-refractivity contribution < 1.29 is 4.79 Å². The molecular weight excluding hydrogens is 236 g/mol. The van der Waals surface area contributed by atoms with Crippen LogP contribution in [0.1, 0.15) is 58.3 Å². The lowest BCUT2D eigenvalue weighted by atomic mass is 10.1. The monoisotopic (exact) mass is 268 g/mol. The molecule has 0 N–H and O–H groups in total. The number of carbonyl (C=O) groups excluding carboxylic acids is 1. The molecule has 0 aliphatic carbocycles. The molecule has 1 aliphatic heterocycles. The van der Waals surface area contributed by atoms with Crippen LogP contribution in [0.4, 0.5) is 0 Å². The Morgan fingerprint density at radius 1 is 0.842 bits per heavy atom. The van der Waals surface area contributed by atoms with Crippen molar-refractivity contribution in [2.45, 2.75) is 58.3 Å². The molecule has 0 spiro atoms. The van der Waals surface area contributed by atoms with Crippen LogP contribution in [-0.2, 0) is 4.79 Å². The maximum absolute atomic E-state index is 10.8. The second-order valence-corrected chi connectivity index (χ2v) is 6.07. The SMILES string of the molecule is CC(=O)CCCCCCCCCN1CCN(C)CC1. The highest BCUT2D eigenvalue weighted by atomic mass is 16.1. The van der Waals surface area contributed by atoms with Gasteiger partial charge in [-0.2, -0.15) is 0 Å². The van der Waals surface area contributed by atoms with Crippen molar-refractivity contribution in [2.75, 3.05) is 39.8 Å². The summed E-state index contributed by atoms with van der Waals surface area (Å²) in [5, 5.41) is 0. The molecule has 3 nitrogen and oxygen atoms in total. The summed E-state index contributed by atoms with van der Waals surface area (Å²) in [5.41, 5.74) is 0. The maximum Gasteiger partial charge on any atom is 0.129 e. The van der Waals surface area contributed by atoms with Gasteiger partial charge in [0.15, 0.2) is 0 Å². The van der Waals surface area contributed by atoms with Gasteiger partial charge in [-0.25, -0.2) is 0 Å². The normalized spacial score (nSPS) is 17.8. The summed E-state index contributed by atoms with van der Waals surface area (Å²) in [7, 11) is 2.21. The molecule has 112 valence electrons. The molecule has 0 aromatic rings. The first-order valence-corrected chi connectivity index (χ1v) is 8.09. The third kappa shape index (κ3) is 9.17. The number of rotatable bonds is 10. The lowest BCUT2D eigenvalue weighted by Crippen LogP contribution is -2.44. The number of hydrogen-bond acceptors (Lipinski definition) is 3. The smallest absolute Gasteiger partial charge is 0.129 e. The molecule has 0 atom stereocenters. The zero-order valence-electron chi connectivity index (χ0n) is 13.0. The minimum absolute atomic E-state index is 0.340. The number of piperazine rings is 1. The number of carbonyl (C=O) groups is 1. The third-order valence-corrected chi connectivity index (χ3v) is 4.10. The Kier molecular flexibility index (Phi) is 9.10. The molecule has 1 rings (SSSR count). The number of hydrogen-bond donors (Lipinski definition) is 0. The van der Waals surface area contributed by atoms with E-state index in [9.17, 15) is 4.79 Å². The van der Waals surface area contributed by atoms with Gasteiger partial charge in [-0.3, -0.25) is 0 Å². The summed E-state index contributed by atoms with van der Waals surface area (Å²) in [6.45, 7) is 7.95. The van der Waals surface area contributed by atoms with Crippen LogP contribution in [-0.4, -0.2) is 55.4 Å². The molecule has 1 heterocycles. The summed E-state index contributed by atoms with van der Waals surface area (Å²) in [4.78, 5) is 15.8. The van der Waals surface area contributed by atoms with E-state index < -0.39 is 0 Å². The zero-order valence-corrected chi connectivity index (χ0v) is 13.0. The molecule has 1 fully saturated rings. The lowest BCUT2D eigenvalue weighted by Gasteiger charge is -2.32. The molecule has 0 radical (unpaired) electrons. The number of Topliss-reactive ketones (excluding diaryl/α,β-unsaturated/α-hetero) is 1. The van der Waals surface area contributed by atoms with E-state index >= 15 is 0 Å². The predicted molar refractivity (Wildman–Crippen MR) is 81.6 cm³/mol. The van der Waals surface area contributed by atoms with Crippen LogP contribution in [0, 0.1) is 0 Å².